The van der Waals surface area contributed by atoms with Crippen molar-refractivity contribution in [3.05, 3.63) is 23.0 Å². The molecule has 1 amide bonds. The van der Waals surface area contributed by atoms with Gasteiger partial charge in [-0.2, -0.15) is 0 Å². The van der Waals surface area contributed by atoms with E-state index in [1.165, 1.54) is 19.2 Å². The Kier molecular flexibility index (Phi) is 5.99. The highest BCUT2D eigenvalue weighted by Crippen LogP contribution is 2.24. The molecule has 122 valence electrons. The van der Waals surface area contributed by atoms with Crippen LogP contribution >= 0.6 is 11.6 Å². The minimum absolute atomic E-state index is 0.127. The average molecular weight is 331 g/mol. The number of nitrogens with one attached hydrogen (secondary N) is 1. The third kappa shape index (κ3) is 5.77. The predicted octanol–water partition coefficient (Wildman–Crippen LogP) is 2.57. The normalized spacial score (nSPS) is 12.4. The summed E-state index contributed by atoms with van der Waals surface area (Å²) in [5.74, 6) is -0.730. The van der Waals surface area contributed by atoms with E-state index >= 15 is 0 Å². The Morgan fingerprint density at radius 2 is 2.05 bits per heavy atom. The maximum absolute atomic E-state index is 11.9. The Balaban J connectivity index is 2.95. The average Bonchev–Trinajstić information content (AvgIpc) is 2.38. The second-order valence-electron chi connectivity index (χ2n) is 5.53. The Labute approximate surface area is 133 Å². The third-order valence-electron chi connectivity index (χ3n) is 2.50. The van der Waals surface area contributed by atoms with Gasteiger partial charge in [0.15, 0.2) is 10.9 Å². The summed E-state index contributed by atoms with van der Waals surface area (Å²) < 4.78 is 9.74. The predicted molar refractivity (Wildman–Crippen MR) is 79.7 cm³/mol. The van der Waals surface area contributed by atoms with Crippen LogP contribution in [-0.4, -0.2) is 34.9 Å². The zero-order valence-corrected chi connectivity index (χ0v) is 13.6. The Morgan fingerprint density at radius 1 is 1.41 bits per heavy atom. The number of methoxy groups -OCH3 is 1. The lowest BCUT2D eigenvalue weighted by Gasteiger charge is -2.23. The van der Waals surface area contributed by atoms with Crippen molar-refractivity contribution in [2.75, 3.05) is 7.11 Å². The van der Waals surface area contributed by atoms with E-state index in [9.17, 15) is 14.7 Å². The minimum Gasteiger partial charge on any atom is -0.505 e. The number of amides is 1. The molecule has 22 heavy (non-hydrogen) atoms. The quantitative estimate of drug-likeness (QED) is 0.650. The van der Waals surface area contributed by atoms with Crippen LogP contribution < -0.4 is 5.32 Å². The lowest BCUT2D eigenvalue weighted by Crippen LogP contribution is -2.36. The molecule has 1 atom stereocenters. The van der Waals surface area contributed by atoms with Crippen LogP contribution in [0.3, 0.4) is 0 Å². The van der Waals surface area contributed by atoms with E-state index in [4.69, 9.17) is 16.3 Å². The molecule has 0 radical (unpaired) electrons. The van der Waals surface area contributed by atoms with Crippen molar-refractivity contribution >= 4 is 23.7 Å². The molecule has 1 heterocycles. The smallest absolute Gasteiger partial charge is 0.408 e. The first-order valence-electron chi connectivity index (χ1n) is 6.54. The molecular formula is C14H19ClN2O5. The van der Waals surface area contributed by atoms with Crippen LogP contribution in [0.5, 0.6) is 5.75 Å². The molecule has 0 bridgehead atoms. The molecule has 0 aliphatic heterocycles. The molecule has 7 nitrogen and oxygen atoms in total. The third-order valence-corrected chi connectivity index (χ3v) is 2.78. The van der Waals surface area contributed by atoms with Crippen molar-refractivity contribution in [1.29, 1.82) is 0 Å². The number of nitrogens with zero attached hydrogens (tertiary/aromatic N) is 1. The van der Waals surface area contributed by atoms with Gasteiger partial charge in [0.2, 0.25) is 0 Å². The number of carbonyl (C=O) groups is 2. The van der Waals surface area contributed by atoms with Crippen LogP contribution in [0.25, 0.3) is 0 Å². The van der Waals surface area contributed by atoms with Gasteiger partial charge in [-0.15, -0.1) is 0 Å². The number of halogens is 1. The molecule has 2 N–H and O–H groups in total. The van der Waals surface area contributed by atoms with Gasteiger partial charge < -0.3 is 19.9 Å². The fourth-order valence-corrected chi connectivity index (χ4v) is 1.72. The summed E-state index contributed by atoms with van der Waals surface area (Å²) in [7, 11) is 1.24. The molecule has 1 aromatic rings. The number of aromatic hydroxyl groups is 1. The number of carbonyl (C=O) groups excluding carboxylic acids is 2. The zero-order chi connectivity index (χ0) is 16.9. The summed E-state index contributed by atoms with van der Waals surface area (Å²) in [5, 5.41) is 11.8. The molecule has 0 fully saturated rings. The van der Waals surface area contributed by atoms with Gasteiger partial charge in [-0.05, 0) is 32.9 Å². The first kappa shape index (κ1) is 18.0. The van der Waals surface area contributed by atoms with Crippen LogP contribution in [0.4, 0.5) is 4.79 Å². The fraction of sp³-hybridized carbons (Fsp3) is 0.500. The zero-order valence-electron chi connectivity index (χ0n) is 12.8. The van der Waals surface area contributed by atoms with Crippen molar-refractivity contribution < 1.29 is 24.2 Å². The topological polar surface area (TPSA) is 97.8 Å². The van der Waals surface area contributed by atoms with Gasteiger partial charge in [-0.3, -0.25) is 4.79 Å². The van der Waals surface area contributed by atoms with Crippen LogP contribution in [0, 0.1) is 0 Å². The largest absolute Gasteiger partial charge is 0.505 e. The minimum atomic E-state index is -0.791. The first-order chi connectivity index (χ1) is 10.1. The summed E-state index contributed by atoms with van der Waals surface area (Å²) in [5.41, 5.74) is -0.376. The highest BCUT2D eigenvalue weighted by molar-refractivity contribution is 6.30. The van der Waals surface area contributed by atoms with Gasteiger partial charge in [-0.25, -0.2) is 9.78 Å². The van der Waals surface area contributed by atoms with E-state index in [1.54, 1.807) is 20.8 Å². The van der Waals surface area contributed by atoms with E-state index < -0.39 is 23.7 Å². The maximum atomic E-state index is 11.9. The number of alkyl carbamates (subject to hydrolysis) is 1. The number of aromatic nitrogens is 1. The fourth-order valence-electron chi connectivity index (χ4n) is 1.56. The highest BCUT2D eigenvalue weighted by atomic mass is 35.5. The molecule has 0 aromatic carbocycles. The molecule has 0 saturated carbocycles. The monoisotopic (exact) mass is 330 g/mol. The lowest BCUT2D eigenvalue weighted by atomic mass is 10.1. The van der Waals surface area contributed by atoms with Crippen molar-refractivity contribution in [2.24, 2.45) is 0 Å². The van der Waals surface area contributed by atoms with Crippen molar-refractivity contribution in [3.63, 3.8) is 0 Å². The molecule has 1 aromatic heterocycles. The van der Waals surface area contributed by atoms with Crippen LogP contribution in [0.2, 0.25) is 5.15 Å². The Hall–Kier alpha value is -2.02. The SMILES string of the molecule is COC(=O)C[C@@H](NC(=O)OC(C)(C)C)c1ccc(O)c(Cl)n1. The van der Waals surface area contributed by atoms with E-state index in [0.717, 1.165) is 0 Å². The van der Waals surface area contributed by atoms with Crippen molar-refractivity contribution in [1.82, 2.24) is 10.3 Å². The van der Waals surface area contributed by atoms with Crippen LogP contribution in [-0.2, 0) is 14.3 Å². The van der Waals surface area contributed by atoms with Gasteiger partial charge in [0.1, 0.15) is 5.60 Å². The number of esters is 1. The molecule has 8 heteroatoms. The van der Waals surface area contributed by atoms with Gasteiger partial charge in [0.05, 0.1) is 25.3 Å². The molecule has 0 aliphatic carbocycles. The number of rotatable bonds is 4. The van der Waals surface area contributed by atoms with E-state index in [1.807, 2.05) is 0 Å². The van der Waals surface area contributed by atoms with Gasteiger partial charge in [-0.1, -0.05) is 11.6 Å². The molecule has 0 saturated heterocycles. The summed E-state index contributed by atoms with van der Waals surface area (Å²) >= 11 is 5.75. The van der Waals surface area contributed by atoms with Gasteiger partial charge in [0.25, 0.3) is 0 Å². The molecule has 0 spiro atoms. The maximum Gasteiger partial charge on any atom is 0.408 e. The Bertz CT molecular complexity index is 557. The van der Waals surface area contributed by atoms with Crippen molar-refractivity contribution in [2.45, 2.75) is 38.8 Å². The second-order valence-corrected chi connectivity index (χ2v) is 5.88. The number of hydrogen-bond donors (Lipinski definition) is 2. The van der Waals surface area contributed by atoms with Gasteiger partial charge in [0, 0.05) is 0 Å². The molecule has 1 rings (SSSR count). The first-order valence-corrected chi connectivity index (χ1v) is 6.92. The highest BCUT2D eigenvalue weighted by Gasteiger charge is 2.24. The summed E-state index contributed by atoms with van der Waals surface area (Å²) in [6.07, 6.45) is -0.850. The van der Waals surface area contributed by atoms with Gasteiger partial charge >= 0.3 is 12.1 Å². The molecule has 0 aliphatic rings. The number of hydrogen-bond acceptors (Lipinski definition) is 6. The van der Waals surface area contributed by atoms with E-state index in [0.29, 0.717) is 5.69 Å². The lowest BCUT2D eigenvalue weighted by molar-refractivity contribution is -0.141. The summed E-state index contributed by atoms with van der Waals surface area (Å²) in [6, 6.07) is 1.98. The second kappa shape index (κ2) is 7.31. The summed E-state index contributed by atoms with van der Waals surface area (Å²) in [6.45, 7) is 5.16. The van der Waals surface area contributed by atoms with Crippen molar-refractivity contribution in [3.8, 4) is 5.75 Å². The van der Waals surface area contributed by atoms with E-state index in [2.05, 4.69) is 15.0 Å². The summed E-state index contributed by atoms with van der Waals surface area (Å²) in [4.78, 5) is 27.3. The molecule has 0 unspecified atom stereocenters. The Morgan fingerprint density at radius 3 is 2.55 bits per heavy atom. The van der Waals surface area contributed by atoms with Crippen LogP contribution in [0.15, 0.2) is 12.1 Å². The van der Waals surface area contributed by atoms with Crippen LogP contribution in [0.1, 0.15) is 38.9 Å². The van der Waals surface area contributed by atoms with E-state index in [-0.39, 0.29) is 17.3 Å². The number of pyridine rings is 1. The molecular weight excluding hydrogens is 312 g/mol. The number of ether oxygens (including phenoxy) is 2. The standard InChI is InChI=1S/C14H19ClN2O5/c1-14(2,3)22-13(20)17-9(7-11(19)21-4)8-5-6-10(18)12(15)16-8/h5-6,9,18H,7H2,1-4H3,(H,17,20)/t9-/m1/s1.